The van der Waals surface area contributed by atoms with E-state index in [0.717, 1.165) is 44.9 Å². The zero-order chi connectivity index (χ0) is 32.2. The summed E-state index contributed by atoms with van der Waals surface area (Å²) < 4.78 is 0. The second-order valence-corrected chi connectivity index (χ2v) is 13.4. The number of amides is 2. The lowest BCUT2D eigenvalue weighted by Crippen LogP contribution is -2.38. The Bertz CT molecular complexity index is 601. The minimum absolute atomic E-state index is 0.0428. The molecule has 262 valence electrons. The Morgan fingerprint density at radius 3 is 1.25 bits per heavy atom. The average Bonchev–Trinajstić information content (AvgIpc) is 3.01. The molecule has 1 unspecified atom stereocenters. The van der Waals surface area contributed by atoms with Gasteiger partial charge in [0, 0.05) is 19.4 Å². The van der Waals surface area contributed by atoms with Gasteiger partial charge in [-0.2, -0.15) is 0 Å². The molecule has 0 aromatic carbocycles. The predicted molar refractivity (Wildman–Crippen MR) is 188 cm³/mol. The van der Waals surface area contributed by atoms with Gasteiger partial charge in [-0.05, 0) is 32.1 Å². The van der Waals surface area contributed by atoms with Crippen LogP contribution in [0.5, 0.6) is 0 Å². The number of carbonyl (C=O) groups is 2. The first-order valence-corrected chi connectivity index (χ1v) is 19.5. The molecule has 0 aromatic heterocycles. The third-order valence-electron chi connectivity index (χ3n) is 8.96. The van der Waals surface area contributed by atoms with E-state index in [1.54, 1.807) is 0 Å². The molecule has 0 heterocycles. The van der Waals surface area contributed by atoms with Crippen LogP contribution in [0.15, 0.2) is 0 Å². The second-order valence-electron chi connectivity index (χ2n) is 13.4. The highest BCUT2D eigenvalue weighted by Gasteiger charge is 2.12. The van der Waals surface area contributed by atoms with Crippen LogP contribution in [0.3, 0.4) is 0 Å². The first-order valence-electron chi connectivity index (χ1n) is 19.5. The van der Waals surface area contributed by atoms with Crippen molar-refractivity contribution in [1.82, 2.24) is 10.6 Å². The first kappa shape index (κ1) is 42.9. The van der Waals surface area contributed by atoms with E-state index in [1.807, 2.05) is 0 Å². The van der Waals surface area contributed by atoms with E-state index in [4.69, 9.17) is 5.26 Å². The molecular formula is C38H76N2O4. The Hall–Kier alpha value is -1.14. The van der Waals surface area contributed by atoms with Gasteiger partial charge < -0.3 is 10.6 Å². The molecule has 2 amide bonds. The van der Waals surface area contributed by atoms with Crippen LogP contribution in [0.1, 0.15) is 213 Å². The molecule has 0 aliphatic carbocycles. The molecule has 0 rings (SSSR count). The van der Waals surface area contributed by atoms with Crippen molar-refractivity contribution in [3.05, 3.63) is 0 Å². The van der Waals surface area contributed by atoms with E-state index in [-0.39, 0.29) is 24.5 Å². The Labute approximate surface area is 274 Å². The second kappa shape index (κ2) is 36.3. The predicted octanol–water partition coefficient (Wildman–Crippen LogP) is 11.2. The molecule has 0 aromatic rings. The molecule has 0 saturated heterocycles. The van der Waals surface area contributed by atoms with Crippen LogP contribution in [0.2, 0.25) is 0 Å². The van der Waals surface area contributed by atoms with Crippen molar-refractivity contribution in [1.29, 1.82) is 0 Å². The molecule has 0 spiro atoms. The van der Waals surface area contributed by atoms with Gasteiger partial charge in [-0.15, -0.1) is 0 Å². The molecule has 0 bridgehead atoms. The lowest BCUT2D eigenvalue weighted by atomic mass is 10.0. The highest BCUT2D eigenvalue weighted by Crippen LogP contribution is 2.14. The molecule has 1 atom stereocenters. The van der Waals surface area contributed by atoms with Gasteiger partial charge in [0.15, 0.2) is 0 Å². The summed E-state index contributed by atoms with van der Waals surface area (Å²) in [6.45, 7) is 5.31. The van der Waals surface area contributed by atoms with E-state index < -0.39 is 0 Å². The summed E-state index contributed by atoms with van der Waals surface area (Å²) in [5, 5.41) is 15.0. The molecule has 3 N–H and O–H groups in total. The number of hydrogen-bond donors (Lipinski definition) is 3. The highest BCUT2D eigenvalue weighted by atomic mass is 17.1. The van der Waals surface area contributed by atoms with Crippen LogP contribution in [0.4, 0.5) is 0 Å². The van der Waals surface area contributed by atoms with Crippen LogP contribution in [-0.2, 0) is 14.5 Å². The smallest absolute Gasteiger partial charge is 0.220 e. The molecule has 0 saturated carbocycles. The molecule has 0 aliphatic heterocycles. The van der Waals surface area contributed by atoms with Gasteiger partial charge in [-0.25, -0.2) is 4.89 Å². The molecule has 44 heavy (non-hydrogen) atoms. The zero-order valence-corrected chi connectivity index (χ0v) is 29.6. The van der Waals surface area contributed by atoms with Gasteiger partial charge in [-0.3, -0.25) is 14.8 Å². The fourth-order valence-electron chi connectivity index (χ4n) is 6.03. The highest BCUT2D eigenvalue weighted by molar-refractivity contribution is 5.76. The number of rotatable bonds is 36. The van der Waals surface area contributed by atoms with E-state index in [0.29, 0.717) is 19.4 Å². The summed E-state index contributed by atoms with van der Waals surface area (Å²) in [5.74, 6) is 0.190. The maximum absolute atomic E-state index is 12.4. The van der Waals surface area contributed by atoms with Gasteiger partial charge in [0.1, 0.15) is 6.61 Å². The van der Waals surface area contributed by atoms with Gasteiger partial charge >= 0.3 is 0 Å². The van der Waals surface area contributed by atoms with Gasteiger partial charge in [0.05, 0.1) is 6.04 Å². The third-order valence-corrected chi connectivity index (χ3v) is 8.96. The average molecular weight is 625 g/mol. The summed E-state index contributed by atoms with van der Waals surface area (Å²) in [6.07, 6.45) is 37.5. The van der Waals surface area contributed by atoms with E-state index in [9.17, 15) is 9.59 Å². The van der Waals surface area contributed by atoms with Crippen molar-refractivity contribution in [2.75, 3.05) is 13.2 Å². The van der Waals surface area contributed by atoms with Crippen LogP contribution < -0.4 is 10.6 Å². The Balaban J connectivity index is 3.58. The maximum atomic E-state index is 12.4. The zero-order valence-electron chi connectivity index (χ0n) is 29.6. The molecule has 6 nitrogen and oxygen atoms in total. The summed E-state index contributed by atoms with van der Waals surface area (Å²) in [5.41, 5.74) is 0. The van der Waals surface area contributed by atoms with Crippen LogP contribution in [-0.4, -0.2) is 36.3 Å². The van der Waals surface area contributed by atoms with Gasteiger partial charge in [-0.1, -0.05) is 168 Å². The van der Waals surface area contributed by atoms with E-state index in [1.165, 1.54) is 141 Å². The standard InChI is InChI=1S/C38H76N2O4/c1-3-5-7-9-11-13-15-17-19-21-23-25-27-32-37(41)39-34-30-29-31-36(35-44-43)40-38(42)33-28-26-24-22-20-18-16-14-12-10-8-6-4-2/h36,43H,3-35H2,1-2H3,(H,39,41)(H,40,42). The monoisotopic (exact) mass is 625 g/mol. The lowest BCUT2D eigenvalue weighted by molar-refractivity contribution is -0.246. The Kier molecular flexibility index (Phi) is 35.4. The van der Waals surface area contributed by atoms with Crippen molar-refractivity contribution in [2.24, 2.45) is 0 Å². The first-order chi connectivity index (χ1) is 21.6. The molecule has 6 heteroatoms. The minimum atomic E-state index is -0.184. The quantitative estimate of drug-likeness (QED) is 0.0367. The number of carbonyl (C=O) groups excluding carboxylic acids is 2. The van der Waals surface area contributed by atoms with Crippen molar-refractivity contribution in [3.63, 3.8) is 0 Å². The number of unbranched alkanes of at least 4 members (excludes halogenated alkanes) is 25. The summed E-state index contributed by atoms with van der Waals surface area (Å²) >= 11 is 0. The van der Waals surface area contributed by atoms with E-state index >= 15 is 0 Å². The molecule has 0 aliphatic rings. The number of nitrogens with one attached hydrogen (secondary N) is 2. The fraction of sp³-hybridized carbons (Fsp3) is 0.947. The van der Waals surface area contributed by atoms with Gasteiger partial charge in [0.25, 0.3) is 0 Å². The van der Waals surface area contributed by atoms with Crippen LogP contribution in [0, 0.1) is 0 Å². The van der Waals surface area contributed by atoms with Crippen molar-refractivity contribution < 1.29 is 19.7 Å². The fourth-order valence-corrected chi connectivity index (χ4v) is 6.03. The molecule has 0 fully saturated rings. The summed E-state index contributed by atoms with van der Waals surface area (Å²) in [7, 11) is 0. The Morgan fingerprint density at radius 2 is 0.864 bits per heavy atom. The maximum Gasteiger partial charge on any atom is 0.220 e. The molecule has 0 radical (unpaired) electrons. The summed E-state index contributed by atoms with van der Waals surface area (Å²) in [4.78, 5) is 28.9. The topological polar surface area (TPSA) is 87.7 Å². The van der Waals surface area contributed by atoms with Crippen LogP contribution in [0.25, 0.3) is 0 Å². The van der Waals surface area contributed by atoms with Crippen molar-refractivity contribution in [2.45, 2.75) is 219 Å². The lowest BCUT2D eigenvalue weighted by Gasteiger charge is -2.17. The third kappa shape index (κ3) is 33.7. The molecular weight excluding hydrogens is 548 g/mol. The largest absolute Gasteiger partial charge is 0.356 e. The SMILES string of the molecule is CCCCCCCCCCCCCCCC(=O)NCCCCC(COO)NC(=O)CCCCCCCCCCCCCCC. The minimum Gasteiger partial charge on any atom is -0.356 e. The van der Waals surface area contributed by atoms with E-state index in [2.05, 4.69) is 29.4 Å². The van der Waals surface area contributed by atoms with Crippen molar-refractivity contribution in [3.8, 4) is 0 Å². The van der Waals surface area contributed by atoms with Crippen molar-refractivity contribution >= 4 is 11.8 Å². The number of hydrogen-bond acceptors (Lipinski definition) is 4. The normalized spacial score (nSPS) is 12.0. The van der Waals surface area contributed by atoms with Gasteiger partial charge in [0.2, 0.25) is 11.8 Å². The van der Waals surface area contributed by atoms with Crippen LogP contribution >= 0.6 is 0 Å². The summed E-state index contributed by atoms with van der Waals surface area (Å²) in [6, 6.07) is -0.184. The Morgan fingerprint density at radius 1 is 0.500 bits per heavy atom.